The van der Waals surface area contributed by atoms with Crippen molar-refractivity contribution in [2.24, 2.45) is 5.92 Å². The second-order valence-electron chi connectivity index (χ2n) is 13.8. The minimum atomic E-state index is -0.779. The number of nitrogens with zero attached hydrogens (tertiary/aromatic N) is 5. The standard InChI is InChI=1S/C40H43ClFN5O6/c1-51-35-18-25(17-33(42)31(35)22-45-13-10-24(11-14-45)16-38(49)50)27-6-4-8-29(39(27)41)28-7-5-9-34-30(28)20-43-47(34)37-19-36(52-2)32(40(44-37)53-3)23-46-15-12-26(48)21-46/h4-9,17-20,24,26,48H,10-16,21-23H2,1-3H3,(H,49,50)/t26-/m1/s1. The largest absolute Gasteiger partial charge is 0.496 e. The van der Waals surface area contributed by atoms with Gasteiger partial charge in [-0.3, -0.25) is 14.6 Å². The summed E-state index contributed by atoms with van der Waals surface area (Å²) in [6.45, 7) is 3.65. The number of methoxy groups -OCH3 is 3. The topological polar surface area (TPSA) is 122 Å². The van der Waals surface area contributed by atoms with E-state index in [9.17, 15) is 9.90 Å². The lowest BCUT2D eigenvalue weighted by Gasteiger charge is -2.31. The van der Waals surface area contributed by atoms with Gasteiger partial charge in [-0.15, -0.1) is 0 Å². The molecular weight excluding hydrogens is 701 g/mol. The zero-order chi connectivity index (χ0) is 37.2. The number of aliphatic carboxylic acids is 1. The van der Waals surface area contributed by atoms with Crippen LogP contribution < -0.4 is 14.2 Å². The van der Waals surface area contributed by atoms with E-state index in [4.69, 9.17) is 41.0 Å². The number of carbonyl (C=O) groups is 1. The van der Waals surface area contributed by atoms with Crippen molar-refractivity contribution in [1.29, 1.82) is 0 Å². The molecule has 3 aromatic carbocycles. The Kier molecular flexibility index (Phi) is 10.8. The number of pyridine rings is 1. The maximum absolute atomic E-state index is 15.9. The molecule has 2 N–H and O–H groups in total. The van der Waals surface area contributed by atoms with E-state index >= 15 is 4.39 Å². The van der Waals surface area contributed by atoms with Crippen LogP contribution in [-0.2, 0) is 17.9 Å². The average Bonchev–Trinajstić information content (AvgIpc) is 3.79. The number of halogens is 2. The van der Waals surface area contributed by atoms with Gasteiger partial charge in [-0.05, 0) is 67.6 Å². The summed E-state index contributed by atoms with van der Waals surface area (Å²) in [5, 5.41) is 25.2. The van der Waals surface area contributed by atoms with Gasteiger partial charge in [-0.25, -0.2) is 9.07 Å². The van der Waals surface area contributed by atoms with E-state index in [0.29, 0.717) is 77.6 Å². The first kappa shape index (κ1) is 36.6. The Morgan fingerprint density at radius 1 is 0.887 bits per heavy atom. The molecule has 278 valence electrons. The van der Waals surface area contributed by atoms with Crippen LogP contribution in [0.15, 0.2) is 60.8 Å². The fourth-order valence-electron chi connectivity index (χ4n) is 7.65. The average molecular weight is 744 g/mol. The number of ether oxygens (including phenoxy) is 3. The maximum atomic E-state index is 15.9. The Morgan fingerprint density at radius 3 is 2.26 bits per heavy atom. The number of piperidine rings is 1. The highest BCUT2D eigenvalue weighted by Gasteiger charge is 2.26. The minimum absolute atomic E-state index is 0.143. The number of aromatic nitrogens is 3. The van der Waals surface area contributed by atoms with Crippen LogP contribution in [0.2, 0.25) is 5.02 Å². The monoisotopic (exact) mass is 743 g/mol. The third-order valence-electron chi connectivity index (χ3n) is 10.4. The van der Waals surface area contributed by atoms with Crippen molar-refractivity contribution < 1.29 is 33.6 Å². The Labute approximate surface area is 312 Å². The Bertz CT molecular complexity index is 2110. The summed E-state index contributed by atoms with van der Waals surface area (Å²) >= 11 is 7.16. The molecule has 2 aromatic heterocycles. The molecule has 0 aliphatic carbocycles. The number of carboxylic acids is 1. The zero-order valence-corrected chi connectivity index (χ0v) is 30.8. The van der Waals surface area contributed by atoms with Crippen LogP contribution in [0.1, 0.15) is 36.8 Å². The second kappa shape index (κ2) is 15.7. The molecular formula is C40H43ClFN5O6. The van der Waals surface area contributed by atoms with Crippen LogP contribution >= 0.6 is 11.6 Å². The van der Waals surface area contributed by atoms with Crippen LogP contribution in [0.3, 0.4) is 0 Å². The van der Waals surface area contributed by atoms with Gasteiger partial charge in [0.15, 0.2) is 5.82 Å². The van der Waals surface area contributed by atoms with Gasteiger partial charge >= 0.3 is 5.97 Å². The number of aliphatic hydroxyl groups is 1. The van der Waals surface area contributed by atoms with E-state index in [1.54, 1.807) is 25.1 Å². The van der Waals surface area contributed by atoms with E-state index in [0.717, 1.165) is 53.4 Å². The maximum Gasteiger partial charge on any atom is 0.303 e. The molecule has 53 heavy (non-hydrogen) atoms. The van der Waals surface area contributed by atoms with Gasteiger partial charge < -0.3 is 24.4 Å². The van der Waals surface area contributed by atoms with Crippen molar-refractivity contribution in [2.45, 2.75) is 44.9 Å². The number of carboxylic acid groups (broad SMARTS) is 1. The molecule has 0 saturated carbocycles. The van der Waals surface area contributed by atoms with Gasteiger partial charge in [0.25, 0.3) is 0 Å². The summed E-state index contributed by atoms with van der Waals surface area (Å²) in [5.74, 6) is 0.952. The predicted octanol–water partition coefficient (Wildman–Crippen LogP) is 6.83. The molecule has 4 heterocycles. The van der Waals surface area contributed by atoms with Crippen molar-refractivity contribution in [1.82, 2.24) is 24.6 Å². The Balaban J connectivity index is 1.19. The highest BCUT2D eigenvalue weighted by molar-refractivity contribution is 6.36. The highest BCUT2D eigenvalue weighted by Crippen LogP contribution is 2.42. The minimum Gasteiger partial charge on any atom is -0.496 e. The number of hydrogen-bond acceptors (Lipinski definition) is 9. The van der Waals surface area contributed by atoms with Crippen molar-refractivity contribution in [3.05, 3.63) is 82.8 Å². The first-order valence-corrected chi connectivity index (χ1v) is 18.1. The lowest BCUT2D eigenvalue weighted by Crippen LogP contribution is -2.34. The number of hydrogen-bond donors (Lipinski definition) is 2. The van der Waals surface area contributed by atoms with E-state index < -0.39 is 5.97 Å². The van der Waals surface area contributed by atoms with Crippen LogP contribution in [0.25, 0.3) is 39.0 Å². The van der Waals surface area contributed by atoms with Crippen LogP contribution in [0.4, 0.5) is 4.39 Å². The first-order chi connectivity index (χ1) is 25.7. The number of β-amino-alcohol motifs (C(OH)–C–C–N with tert-alkyl or cyclic N) is 1. The Morgan fingerprint density at radius 2 is 1.57 bits per heavy atom. The van der Waals surface area contributed by atoms with Gasteiger partial charge in [-0.2, -0.15) is 10.1 Å². The molecule has 0 amide bonds. The van der Waals surface area contributed by atoms with Crippen LogP contribution in [0, 0.1) is 11.7 Å². The lowest BCUT2D eigenvalue weighted by molar-refractivity contribution is -0.138. The highest BCUT2D eigenvalue weighted by atomic mass is 35.5. The Hall–Kier alpha value is -4.75. The molecule has 0 radical (unpaired) electrons. The molecule has 0 unspecified atom stereocenters. The molecule has 11 nitrogen and oxygen atoms in total. The molecule has 2 aliphatic heterocycles. The SMILES string of the molecule is COc1cc(-c2cccc(-c3cccc4c3cnn4-c3cc(OC)c(CN4CC[C@@H](O)C4)c(OC)n3)c2Cl)cc(F)c1CN1CCC(CC(=O)O)CC1. The summed E-state index contributed by atoms with van der Waals surface area (Å²) in [4.78, 5) is 20.3. The van der Waals surface area contributed by atoms with Crippen LogP contribution in [-0.4, -0.2) is 94.4 Å². The van der Waals surface area contributed by atoms with E-state index in [1.807, 2.05) is 48.5 Å². The summed E-state index contributed by atoms with van der Waals surface area (Å²) in [6, 6.07) is 16.7. The van der Waals surface area contributed by atoms with Gasteiger partial charge in [0.05, 0.1) is 49.7 Å². The summed E-state index contributed by atoms with van der Waals surface area (Å²) in [7, 11) is 4.72. The van der Waals surface area contributed by atoms with Crippen molar-refractivity contribution >= 4 is 28.5 Å². The zero-order valence-electron chi connectivity index (χ0n) is 30.0. The van der Waals surface area contributed by atoms with Crippen molar-refractivity contribution in [3.63, 3.8) is 0 Å². The second-order valence-corrected chi connectivity index (χ2v) is 14.1. The van der Waals surface area contributed by atoms with Gasteiger partial charge in [0, 0.05) is 60.7 Å². The molecule has 2 fully saturated rings. The molecule has 2 aliphatic rings. The number of benzene rings is 3. The number of likely N-dealkylation sites (tertiary alicyclic amines) is 2. The third-order valence-corrected chi connectivity index (χ3v) is 10.8. The number of aliphatic hydroxyl groups excluding tert-OH is 1. The normalized spacial score (nSPS) is 17.1. The molecule has 2 saturated heterocycles. The fraction of sp³-hybridized carbons (Fsp3) is 0.375. The molecule has 0 bridgehead atoms. The molecule has 5 aromatic rings. The smallest absolute Gasteiger partial charge is 0.303 e. The third kappa shape index (κ3) is 7.54. The predicted molar refractivity (Wildman–Crippen MR) is 201 cm³/mol. The molecule has 1 atom stereocenters. The summed E-state index contributed by atoms with van der Waals surface area (Å²) in [6.07, 6.45) is 3.84. The van der Waals surface area contributed by atoms with Crippen molar-refractivity contribution in [3.8, 4) is 45.5 Å². The van der Waals surface area contributed by atoms with E-state index in [1.165, 1.54) is 13.2 Å². The van der Waals surface area contributed by atoms with E-state index in [2.05, 4.69) is 9.80 Å². The van der Waals surface area contributed by atoms with Crippen LogP contribution in [0.5, 0.6) is 17.4 Å². The summed E-state index contributed by atoms with van der Waals surface area (Å²) < 4.78 is 34.9. The molecule has 13 heteroatoms. The molecule has 7 rings (SSSR count). The van der Waals surface area contributed by atoms with Gasteiger partial charge in [0.2, 0.25) is 5.88 Å². The quantitative estimate of drug-likeness (QED) is 0.141. The van der Waals surface area contributed by atoms with Gasteiger partial charge in [0.1, 0.15) is 17.3 Å². The summed E-state index contributed by atoms with van der Waals surface area (Å²) in [5.41, 5.74) is 4.90. The molecule has 0 spiro atoms. The van der Waals surface area contributed by atoms with Gasteiger partial charge in [-0.1, -0.05) is 41.9 Å². The first-order valence-electron chi connectivity index (χ1n) is 17.8. The van der Waals surface area contributed by atoms with Crippen molar-refractivity contribution in [2.75, 3.05) is 47.5 Å². The van der Waals surface area contributed by atoms with E-state index in [-0.39, 0.29) is 24.3 Å². The number of rotatable bonds is 12. The number of fused-ring (bicyclic) bond motifs is 1. The lowest BCUT2D eigenvalue weighted by atomic mass is 9.93. The fourth-order valence-corrected chi connectivity index (χ4v) is 7.99.